The van der Waals surface area contributed by atoms with Gasteiger partial charge < -0.3 is 14.7 Å². The van der Waals surface area contributed by atoms with E-state index in [1.54, 1.807) is 0 Å². The van der Waals surface area contributed by atoms with E-state index in [0.717, 1.165) is 61.5 Å². The summed E-state index contributed by atoms with van der Waals surface area (Å²) in [5.41, 5.74) is 2.96. The van der Waals surface area contributed by atoms with Gasteiger partial charge in [-0.25, -0.2) is 14.8 Å². The minimum atomic E-state index is -0.850. The van der Waals surface area contributed by atoms with Gasteiger partial charge in [0, 0.05) is 36.3 Å². The molecule has 7 heteroatoms. The van der Waals surface area contributed by atoms with Gasteiger partial charge in [-0.15, -0.1) is 11.3 Å². The van der Waals surface area contributed by atoms with E-state index in [4.69, 9.17) is 9.72 Å². The Morgan fingerprint density at radius 2 is 2.19 bits per heavy atom. The van der Waals surface area contributed by atoms with Crippen molar-refractivity contribution >= 4 is 23.3 Å². The molecule has 0 atom stereocenters. The van der Waals surface area contributed by atoms with Gasteiger partial charge in [0.15, 0.2) is 0 Å². The van der Waals surface area contributed by atoms with Crippen molar-refractivity contribution in [1.82, 2.24) is 9.97 Å². The van der Waals surface area contributed by atoms with Crippen molar-refractivity contribution in [3.05, 3.63) is 38.8 Å². The van der Waals surface area contributed by atoms with E-state index >= 15 is 0 Å². The van der Waals surface area contributed by atoms with Crippen molar-refractivity contribution in [3.63, 3.8) is 0 Å². The van der Waals surface area contributed by atoms with Crippen LogP contribution in [0.2, 0.25) is 0 Å². The van der Waals surface area contributed by atoms with Crippen LogP contribution in [0.1, 0.15) is 51.1 Å². The normalized spacial score (nSPS) is 18.8. The largest absolute Gasteiger partial charge is 0.477 e. The van der Waals surface area contributed by atoms with Crippen LogP contribution in [0.25, 0.3) is 0 Å². The molecule has 2 aromatic rings. The SMILES string of the molecule is CCc1nc(N2CCC3(CC2)OCCc2sc(C(=O)O)cc23)ncc1C. The number of piperidine rings is 1. The third-order valence-corrected chi connectivity index (χ3v) is 6.65. The number of fused-ring (bicyclic) bond motifs is 2. The van der Waals surface area contributed by atoms with Gasteiger partial charge in [0.25, 0.3) is 0 Å². The number of anilines is 1. The van der Waals surface area contributed by atoms with Crippen molar-refractivity contribution in [2.45, 2.75) is 45.1 Å². The van der Waals surface area contributed by atoms with Crippen molar-refractivity contribution in [1.29, 1.82) is 0 Å². The molecule has 26 heavy (non-hydrogen) atoms. The highest BCUT2D eigenvalue weighted by Crippen LogP contribution is 2.44. The maximum absolute atomic E-state index is 11.4. The minimum absolute atomic E-state index is 0.355. The Labute approximate surface area is 156 Å². The molecule has 0 unspecified atom stereocenters. The Hall–Kier alpha value is -1.99. The van der Waals surface area contributed by atoms with E-state index in [1.165, 1.54) is 16.2 Å². The van der Waals surface area contributed by atoms with Crippen LogP contribution in [0.3, 0.4) is 0 Å². The summed E-state index contributed by atoms with van der Waals surface area (Å²) in [7, 11) is 0. The number of aromatic nitrogens is 2. The van der Waals surface area contributed by atoms with E-state index in [2.05, 4.69) is 16.8 Å². The molecule has 0 radical (unpaired) electrons. The Balaban J connectivity index is 1.56. The fraction of sp³-hybridized carbons (Fsp3) is 0.526. The first-order valence-electron chi connectivity index (χ1n) is 9.10. The molecule has 1 spiro atoms. The van der Waals surface area contributed by atoms with Crippen LogP contribution in [-0.2, 0) is 23.2 Å². The first-order chi connectivity index (χ1) is 12.5. The third-order valence-electron chi connectivity index (χ3n) is 5.47. The molecular formula is C19H23N3O3S. The Morgan fingerprint density at radius 3 is 2.88 bits per heavy atom. The summed E-state index contributed by atoms with van der Waals surface area (Å²) in [4.78, 5) is 24.4. The molecule has 0 aromatic carbocycles. The molecule has 1 N–H and O–H groups in total. The van der Waals surface area contributed by atoms with Gasteiger partial charge in [-0.3, -0.25) is 0 Å². The monoisotopic (exact) mass is 373 g/mol. The number of carboxylic acid groups (broad SMARTS) is 1. The van der Waals surface area contributed by atoms with Crippen LogP contribution >= 0.6 is 11.3 Å². The maximum Gasteiger partial charge on any atom is 0.345 e. The molecule has 1 fully saturated rings. The summed E-state index contributed by atoms with van der Waals surface area (Å²) in [6.45, 7) is 6.43. The predicted molar refractivity (Wildman–Crippen MR) is 100 cm³/mol. The maximum atomic E-state index is 11.4. The number of carboxylic acids is 1. The van der Waals surface area contributed by atoms with Gasteiger partial charge in [0.05, 0.1) is 12.2 Å². The molecule has 0 aliphatic carbocycles. The van der Waals surface area contributed by atoms with E-state index in [1.807, 2.05) is 19.2 Å². The van der Waals surface area contributed by atoms with E-state index < -0.39 is 5.97 Å². The lowest BCUT2D eigenvalue weighted by Crippen LogP contribution is -2.46. The number of nitrogens with zero attached hydrogens (tertiary/aromatic N) is 3. The quantitative estimate of drug-likeness (QED) is 0.891. The van der Waals surface area contributed by atoms with E-state index in [9.17, 15) is 9.90 Å². The standard InChI is InChI=1S/C19H23N3O3S/c1-3-14-12(2)11-20-18(21-14)22-7-5-19(6-8-22)13-10-16(17(23)24)26-15(13)4-9-25-19/h10-11H,3-9H2,1-2H3,(H,23,24). The Morgan fingerprint density at radius 1 is 1.42 bits per heavy atom. The zero-order chi connectivity index (χ0) is 18.3. The second-order valence-electron chi connectivity index (χ2n) is 6.99. The average molecular weight is 373 g/mol. The summed E-state index contributed by atoms with van der Waals surface area (Å²) in [6.07, 6.45) is 5.26. The van der Waals surface area contributed by atoms with Crippen molar-refractivity contribution < 1.29 is 14.6 Å². The van der Waals surface area contributed by atoms with E-state index in [-0.39, 0.29) is 5.60 Å². The highest BCUT2D eigenvalue weighted by Gasteiger charge is 2.42. The zero-order valence-electron chi connectivity index (χ0n) is 15.1. The van der Waals surface area contributed by atoms with Crippen molar-refractivity contribution in [2.75, 3.05) is 24.6 Å². The molecule has 4 heterocycles. The highest BCUT2D eigenvalue weighted by molar-refractivity contribution is 7.14. The van der Waals surface area contributed by atoms with Crippen LogP contribution in [0.5, 0.6) is 0 Å². The van der Waals surface area contributed by atoms with Crippen LogP contribution in [-0.4, -0.2) is 40.7 Å². The second kappa shape index (κ2) is 6.63. The molecule has 2 aliphatic heterocycles. The molecular weight excluding hydrogens is 350 g/mol. The number of carbonyl (C=O) groups is 1. The minimum Gasteiger partial charge on any atom is -0.477 e. The van der Waals surface area contributed by atoms with Gasteiger partial charge in [0.1, 0.15) is 4.88 Å². The van der Waals surface area contributed by atoms with Crippen molar-refractivity contribution in [2.24, 2.45) is 0 Å². The summed E-state index contributed by atoms with van der Waals surface area (Å²) < 4.78 is 6.22. The molecule has 2 aromatic heterocycles. The van der Waals surface area contributed by atoms with Gasteiger partial charge in [-0.1, -0.05) is 6.92 Å². The first-order valence-corrected chi connectivity index (χ1v) is 9.92. The molecule has 0 amide bonds. The molecule has 138 valence electrons. The van der Waals surface area contributed by atoms with Gasteiger partial charge in [-0.2, -0.15) is 0 Å². The molecule has 2 aliphatic rings. The van der Waals surface area contributed by atoms with Gasteiger partial charge in [-0.05, 0) is 43.4 Å². The van der Waals surface area contributed by atoms with Gasteiger partial charge >= 0.3 is 5.97 Å². The summed E-state index contributed by atoms with van der Waals surface area (Å²) in [5.74, 6) is -0.0630. The lowest BCUT2D eigenvalue weighted by atomic mass is 9.82. The summed E-state index contributed by atoms with van der Waals surface area (Å²) >= 11 is 1.40. The second-order valence-corrected chi connectivity index (χ2v) is 8.12. The van der Waals surface area contributed by atoms with E-state index in [0.29, 0.717) is 11.5 Å². The summed E-state index contributed by atoms with van der Waals surface area (Å²) in [6, 6.07) is 1.83. The fourth-order valence-corrected chi connectivity index (χ4v) is 5.05. The predicted octanol–water partition coefficient (Wildman–Crippen LogP) is 3.18. The molecule has 1 saturated heterocycles. The number of rotatable bonds is 3. The topological polar surface area (TPSA) is 75.6 Å². The molecule has 6 nitrogen and oxygen atoms in total. The van der Waals surface area contributed by atoms with Crippen LogP contribution in [0.4, 0.5) is 5.95 Å². The van der Waals surface area contributed by atoms with Crippen molar-refractivity contribution in [3.8, 4) is 0 Å². The Bertz CT molecular complexity index is 841. The molecule has 0 saturated carbocycles. The number of aryl methyl sites for hydroxylation is 2. The fourth-order valence-electron chi connectivity index (χ4n) is 3.98. The van der Waals surface area contributed by atoms with Crippen LogP contribution < -0.4 is 4.90 Å². The number of hydrogen-bond acceptors (Lipinski definition) is 6. The number of thiophene rings is 1. The Kier molecular flexibility index (Phi) is 4.44. The smallest absolute Gasteiger partial charge is 0.345 e. The number of hydrogen-bond donors (Lipinski definition) is 1. The van der Waals surface area contributed by atoms with Crippen LogP contribution in [0, 0.1) is 6.92 Å². The van der Waals surface area contributed by atoms with Gasteiger partial charge in [0.2, 0.25) is 5.95 Å². The number of aromatic carboxylic acids is 1. The number of ether oxygens (including phenoxy) is 1. The van der Waals surface area contributed by atoms with Crippen LogP contribution in [0.15, 0.2) is 12.3 Å². The third kappa shape index (κ3) is 2.89. The molecule has 0 bridgehead atoms. The summed E-state index contributed by atoms with van der Waals surface area (Å²) in [5, 5.41) is 9.33. The first kappa shape index (κ1) is 17.4. The zero-order valence-corrected chi connectivity index (χ0v) is 15.9. The average Bonchev–Trinajstić information content (AvgIpc) is 3.09. The lowest BCUT2D eigenvalue weighted by molar-refractivity contribution is -0.0758. The lowest BCUT2D eigenvalue weighted by Gasteiger charge is -2.44. The molecule has 4 rings (SSSR count). The highest BCUT2D eigenvalue weighted by atomic mass is 32.1.